The van der Waals surface area contributed by atoms with Crippen LogP contribution in [0.3, 0.4) is 0 Å². The fourth-order valence-corrected chi connectivity index (χ4v) is 5.82. The van der Waals surface area contributed by atoms with Crippen LogP contribution in [-0.2, 0) is 16.5 Å². The number of piperazine rings is 1. The molecule has 0 spiro atoms. The van der Waals surface area contributed by atoms with Crippen molar-refractivity contribution >= 4 is 22.7 Å². The molecule has 0 aromatic carbocycles. The quantitative estimate of drug-likeness (QED) is 0.386. The number of amides is 1. The number of aromatic amines is 1. The van der Waals surface area contributed by atoms with Gasteiger partial charge in [-0.1, -0.05) is 0 Å². The van der Waals surface area contributed by atoms with Crippen molar-refractivity contribution in [2.24, 2.45) is 0 Å². The van der Waals surface area contributed by atoms with Crippen LogP contribution in [0.15, 0.2) is 43.2 Å². The first-order valence-electron chi connectivity index (χ1n) is 12.9. The molecule has 2 fully saturated rings. The number of nitrogens with one attached hydrogen (secondary N) is 1. The number of ketones is 1. The Morgan fingerprint density at radius 3 is 2.60 bits per heavy atom. The van der Waals surface area contributed by atoms with Crippen molar-refractivity contribution in [3.63, 3.8) is 0 Å². The summed E-state index contributed by atoms with van der Waals surface area (Å²) in [5, 5.41) is 5.52. The van der Waals surface area contributed by atoms with Gasteiger partial charge in [-0.3, -0.25) is 19.2 Å². The lowest BCUT2D eigenvalue weighted by molar-refractivity contribution is -0.145. The van der Waals surface area contributed by atoms with Crippen LogP contribution in [0.25, 0.3) is 22.3 Å². The molecule has 6 rings (SSSR count). The molecule has 1 amide bonds. The molecule has 5 heterocycles. The van der Waals surface area contributed by atoms with E-state index < -0.39 is 23.4 Å². The van der Waals surface area contributed by atoms with Gasteiger partial charge in [0.25, 0.3) is 5.91 Å². The number of carbonyl (C=O) groups excluding carboxylic acids is 2. The molecule has 40 heavy (non-hydrogen) atoms. The Morgan fingerprint density at radius 2 is 1.88 bits per heavy atom. The molecule has 0 atom stereocenters. The maximum absolute atomic E-state index is 13.0. The highest BCUT2D eigenvalue weighted by Crippen LogP contribution is 2.45. The third-order valence-electron chi connectivity index (χ3n) is 7.75. The van der Waals surface area contributed by atoms with Gasteiger partial charge in [0.1, 0.15) is 23.5 Å². The number of carbonyl (C=O) groups is 2. The number of Topliss-reactive ketones (excluding diaryl/α,β-unsaturated/α-hetero) is 1. The standard InChI is InChI=1S/C26H26F3N9O2/c1-16(39)10-25(38-14-17(13-34-38)21-19-2-4-30-22(19)33-15-32-21)11-18(12-25)36-6-8-37(9-7-36)23(40)20-3-5-31-24(35-20)26(27,28)29/h2-5,13-15,18H,6-12H2,1H3,(H,30,32,33)/t18-,25+. The van der Waals surface area contributed by atoms with Crippen LogP contribution in [-0.4, -0.2) is 88.4 Å². The molecule has 0 unspecified atom stereocenters. The Bertz CT molecular complexity index is 1570. The average Bonchev–Trinajstić information content (AvgIpc) is 3.60. The van der Waals surface area contributed by atoms with E-state index in [0.29, 0.717) is 45.4 Å². The van der Waals surface area contributed by atoms with E-state index >= 15 is 0 Å². The first-order valence-corrected chi connectivity index (χ1v) is 12.9. The number of alkyl halides is 3. The van der Waals surface area contributed by atoms with E-state index in [1.54, 1.807) is 13.1 Å². The van der Waals surface area contributed by atoms with E-state index in [0.717, 1.165) is 28.5 Å². The van der Waals surface area contributed by atoms with Gasteiger partial charge in [0.2, 0.25) is 5.82 Å². The number of hydrogen-bond acceptors (Lipinski definition) is 8. The highest BCUT2D eigenvalue weighted by atomic mass is 19.4. The lowest BCUT2D eigenvalue weighted by Crippen LogP contribution is -2.61. The zero-order chi connectivity index (χ0) is 28.1. The van der Waals surface area contributed by atoms with Gasteiger partial charge in [0.15, 0.2) is 0 Å². The van der Waals surface area contributed by atoms with E-state index in [-0.39, 0.29) is 17.5 Å². The fraction of sp³-hybridized carbons (Fsp3) is 0.423. The molecular formula is C26H26F3N9O2. The molecule has 0 bridgehead atoms. The highest BCUT2D eigenvalue weighted by molar-refractivity contribution is 5.92. The SMILES string of the molecule is CC(=O)C[C@]1(n2cc(-c3ncnc4[nH]ccc34)cn2)C[C@@H](N2CCN(C(=O)c3ccnc(C(F)(F)F)n3)CC2)C1. The molecule has 11 nitrogen and oxygen atoms in total. The molecule has 1 saturated heterocycles. The summed E-state index contributed by atoms with van der Waals surface area (Å²) in [6, 6.07) is 3.31. The zero-order valence-corrected chi connectivity index (χ0v) is 21.6. The van der Waals surface area contributed by atoms with Gasteiger partial charge in [-0.05, 0) is 31.9 Å². The topological polar surface area (TPSA) is 126 Å². The Morgan fingerprint density at radius 1 is 1.10 bits per heavy atom. The van der Waals surface area contributed by atoms with E-state index in [1.807, 2.05) is 23.1 Å². The normalized spacial score (nSPS) is 21.9. The summed E-state index contributed by atoms with van der Waals surface area (Å²) >= 11 is 0. The first kappa shape index (κ1) is 26.0. The molecule has 1 aliphatic carbocycles. The summed E-state index contributed by atoms with van der Waals surface area (Å²) in [6.45, 7) is 3.45. The van der Waals surface area contributed by atoms with Gasteiger partial charge in [0, 0.05) is 68.2 Å². The molecule has 208 valence electrons. The second-order valence-electron chi connectivity index (χ2n) is 10.4. The average molecular weight is 554 g/mol. The van der Waals surface area contributed by atoms with E-state index in [2.05, 4.69) is 34.9 Å². The maximum atomic E-state index is 13.0. The lowest BCUT2D eigenvalue weighted by Gasteiger charge is -2.53. The van der Waals surface area contributed by atoms with Gasteiger partial charge in [0.05, 0.1) is 17.4 Å². The van der Waals surface area contributed by atoms with E-state index in [1.165, 1.54) is 17.3 Å². The van der Waals surface area contributed by atoms with Crippen molar-refractivity contribution in [2.45, 2.75) is 43.9 Å². The van der Waals surface area contributed by atoms with Crippen molar-refractivity contribution in [1.82, 2.24) is 44.5 Å². The number of nitrogens with zero attached hydrogens (tertiary/aromatic N) is 8. The summed E-state index contributed by atoms with van der Waals surface area (Å²) in [5.41, 5.74) is 1.61. The van der Waals surface area contributed by atoms with E-state index in [9.17, 15) is 22.8 Å². The Hall–Kier alpha value is -4.20. The number of rotatable bonds is 6. The molecule has 1 N–H and O–H groups in total. The second kappa shape index (κ2) is 9.77. The van der Waals surface area contributed by atoms with Crippen molar-refractivity contribution in [3.8, 4) is 11.3 Å². The highest BCUT2D eigenvalue weighted by Gasteiger charge is 2.50. The predicted molar refractivity (Wildman–Crippen MR) is 136 cm³/mol. The smallest absolute Gasteiger partial charge is 0.346 e. The maximum Gasteiger partial charge on any atom is 0.451 e. The summed E-state index contributed by atoms with van der Waals surface area (Å²) < 4.78 is 40.8. The third kappa shape index (κ3) is 4.72. The molecule has 14 heteroatoms. The van der Waals surface area contributed by atoms with Crippen molar-refractivity contribution < 1.29 is 22.8 Å². The minimum absolute atomic E-state index is 0.0732. The third-order valence-corrected chi connectivity index (χ3v) is 7.75. The number of halogens is 3. The van der Waals surface area contributed by atoms with Gasteiger partial charge in [-0.15, -0.1) is 0 Å². The zero-order valence-electron chi connectivity index (χ0n) is 21.6. The van der Waals surface area contributed by atoms with Crippen LogP contribution in [0.5, 0.6) is 0 Å². The molecule has 4 aromatic rings. The van der Waals surface area contributed by atoms with Crippen LogP contribution in [0.1, 0.15) is 42.5 Å². The molecule has 1 saturated carbocycles. The van der Waals surface area contributed by atoms with Gasteiger partial charge in [-0.2, -0.15) is 18.3 Å². The Kier molecular flexibility index (Phi) is 6.36. The minimum Gasteiger partial charge on any atom is -0.346 e. The number of aromatic nitrogens is 7. The molecular weight excluding hydrogens is 527 g/mol. The molecule has 2 aliphatic rings. The van der Waals surface area contributed by atoms with Crippen molar-refractivity contribution in [1.29, 1.82) is 0 Å². The molecule has 0 radical (unpaired) electrons. The Balaban J connectivity index is 1.12. The van der Waals surface area contributed by atoms with Crippen LogP contribution in [0.2, 0.25) is 0 Å². The minimum atomic E-state index is -4.72. The second-order valence-corrected chi connectivity index (χ2v) is 10.4. The largest absolute Gasteiger partial charge is 0.451 e. The summed E-state index contributed by atoms with van der Waals surface area (Å²) in [5.74, 6) is -1.80. The predicted octanol–water partition coefficient (Wildman–Crippen LogP) is 2.93. The molecule has 1 aliphatic heterocycles. The van der Waals surface area contributed by atoms with Crippen LogP contribution in [0, 0.1) is 0 Å². The summed E-state index contributed by atoms with van der Waals surface area (Å²) in [7, 11) is 0. The van der Waals surface area contributed by atoms with Gasteiger partial charge >= 0.3 is 6.18 Å². The van der Waals surface area contributed by atoms with E-state index in [4.69, 9.17) is 0 Å². The Labute approximate surface area is 226 Å². The summed E-state index contributed by atoms with van der Waals surface area (Å²) in [6.07, 6.45) is 5.01. The van der Waals surface area contributed by atoms with Gasteiger partial charge < -0.3 is 9.88 Å². The van der Waals surface area contributed by atoms with Crippen LogP contribution >= 0.6 is 0 Å². The van der Waals surface area contributed by atoms with Gasteiger partial charge in [-0.25, -0.2) is 19.9 Å². The summed E-state index contributed by atoms with van der Waals surface area (Å²) in [4.78, 5) is 47.3. The number of H-pyrrole nitrogens is 1. The number of fused-ring (bicyclic) bond motifs is 1. The molecule has 4 aromatic heterocycles. The number of hydrogen-bond donors (Lipinski definition) is 1. The lowest BCUT2D eigenvalue weighted by atomic mass is 9.69. The van der Waals surface area contributed by atoms with Crippen LogP contribution in [0.4, 0.5) is 13.2 Å². The van der Waals surface area contributed by atoms with Crippen molar-refractivity contribution in [2.75, 3.05) is 26.2 Å². The van der Waals surface area contributed by atoms with Crippen molar-refractivity contribution in [3.05, 3.63) is 54.8 Å². The first-order chi connectivity index (χ1) is 19.1. The van der Waals surface area contributed by atoms with Crippen LogP contribution < -0.4 is 0 Å². The fourth-order valence-electron chi connectivity index (χ4n) is 5.82. The monoisotopic (exact) mass is 553 g/mol.